The van der Waals surface area contributed by atoms with Crippen molar-refractivity contribution in [1.29, 1.82) is 0 Å². The van der Waals surface area contributed by atoms with E-state index in [1.807, 2.05) is 19.1 Å². The van der Waals surface area contributed by atoms with Gasteiger partial charge < -0.3 is 4.90 Å². The van der Waals surface area contributed by atoms with Gasteiger partial charge in [0.15, 0.2) is 0 Å². The van der Waals surface area contributed by atoms with Gasteiger partial charge in [0.1, 0.15) is 5.82 Å². The molecule has 2 aromatic carbocycles. The second-order valence-electron chi connectivity index (χ2n) is 4.58. The number of anilines is 1. The molecule has 0 saturated heterocycles. The number of hydrogen-bond acceptors (Lipinski definition) is 1. The molecule has 1 aliphatic rings. The van der Waals surface area contributed by atoms with Crippen LogP contribution in [0.5, 0.6) is 0 Å². The Balaban J connectivity index is 2.07. The maximum Gasteiger partial charge on any atom is 0.259 e. The van der Waals surface area contributed by atoms with Gasteiger partial charge in [-0.15, -0.1) is 0 Å². The van der Waals surface area contributed by atoms with E-state index in [1.165, 1.54) is 12.1 Å². The first-order chi connectivity index (χ1) is 9.08. The summed E-state index contributed by atoms with van der Waals surface area (Å²) in [6.07, 6.45) is 0. The number of nitrogens with zero attached hydrogens (tertiary/aromatic N) is 1. The van der Waals surface area contributed by atoms with Crippen molar-refractivity contribution in [2.24, 2.45) is 0 Å². The molecule has 3 rings (SSSR count). The summed E-state index contributed by atoms with van der Waals surface area (Å²) in [5.41, 5.74) is 2.89. The van der Waals surface area contributed by atoms with Crippen LogP contribution >= 0.6 is 11.6 Å². The van der Waals surface area contributed by atoms with Gasteiger partial charge in [-0.3, -0.25) is 4.79 Å². The lowest BCUT2D eigenvalue weighted by Crippen LogP contribution is -2.23. The summed E-state index contributed by atoms with van der Waals surface area (Å²) in [5.74, 6) is -0.573. The van der Waals surface area contributed by atoms with E-state index >= 15 is 0 Å². The Hall–Kier alpha value is -1.87. The standard InChI is InChI=1S/C15H11ClFNO/c1-9-13(16)3-2-4-14(9)18-8-10-5-6-11(17)7-12(10)15(18)19/h2-7H,8H2,1H3. The van der Waals surface area contributed by atoms with Gasteiger partial charge in [0, 0.05) is 16.3 Å². The average molecular weight is 276 g/mol. The first-order valence-electron chi connectivity index (χ1n) is 5.93. The lowest BCUT2D eigenvalue weighted by atomic mass is 10.1. The molecule has 0 radical (unpaired) electrons. The third-order valence-electron chi connectivity index (χ3n) is 3.41. The van der Waals surface area contributed by atoms with Crippen LogP contribution in [0.2, 0.25) is 5.02 Å². The van der Waals surface area contributed by atoms with E-state index in [0.717, 1.165) is 16.8 Å². The largest absolute Gasteiger partial charge is 0.304 e. The first-order valence-corrected chi connectivity index (χ1v) is 6.31. The summed E-state index contributed by atoms with van der Waals surface area (Å²) >= 11 is 6.08. The topological polar surface area (TPSA) is 20.3 Å². The molecule has 0 saturated carbocycles. The number of fused-ring (bicyclic) bond motifs is 1. The summed E-state index contributed by atoms with van der Waals surface area (Å²) in [6, 6.07) is 9.76. The van der Waals surface area contributed by atoms with Crippen molar-refractivity contribution in [3.8, 4) is 0 Å². The smallest absolute Gasteiger partial charge is 0.259 e. The Morgan fingerprint density at radius 3 is 2.84 bits per heavy atom. The van der Waals surface area contributed by atoms with E-state index in [1.54, 1.807) is 17.0 Å². The quantitative estimate of drug-likeness (QED) is 0.772. The van der Waals surface area contributed by atoms with Gasteiger partial charge in [-0.2, -0.15) is 0 Å². The number of hydrogen-bond donors (Lipinski definition) is 0. The monoisotopic (exact) mass is 275 g/mol. The van der Waals surface area contributed by atoms with E-state index in [-0.39, 0.29) is 5.91 Å². The van der Waals surface area contributed by atoms with Gasteiger partial charge in [0.2, 0.25) is 0 Å². The van der Waals surface area contributed by atoms with Gasteiger partial charge in [-0.1, -0.05) is 23.7 Å². The Morgan fingerprint density at radius 2 is 2.05 bits per heavy atom. The molecule has 0 fully saturated rings. The maximum absolute atomic E-state index is 13.2. The van der Waals surface area contributed by atoms with Crippen molar-refractivity contribution in [3.05, 3.63) is 63.9 Å². The normalized spacial score (nSPS) is 13.8. The van der Waals surface area contributed by atoms with Crippen molar-refractivity contribution >= 4 is 23.2 Å². The van der Waals surface area contributed by atoms with Crippen LogP contribution in [0.25, 0.3) is 0 Å². The molecule has 0 N–H and O–H groups in total. The predicted molar refractivity (Wildman–Crippen MR) is 73.1 cm³/mol. The Kier molecular flexibility index (Phi) is 2.79. The molecule has 19 heavy (non-hydrogen) atoms. The molecule has 1 heterocycles. The Morgan fingerprint density at radius 1 is 1.26 bits per heavy atom. The van der Waals surface area contributed by atoms with Gasteiger partial charge in [0.05, 0.1) is 6.54 Å². The summed E-state index contributed by atoms with van der Waals surface area (Å²) in [6.45, 7) is 2.32. The van der Waals surface area contributed by atoms with Crippen LogP contribution in [0.3, 0.4) is 0 Å². The summed E-state index contributed by atoms with van der Waals surface area (Å²) in [4.78, 5) is 14.0. The maximum atomic E-state index is 13.2. The minimum atomic E-state index is -0.392. The second kappa shape index (κ2) is 4.35. The minimum absolute atomic E-state index is 0.181. The molecule has 2 nitrogen and oxygen atoms in total. The SMILES string of the molecule is Cc1c(Cl)cccc1N1Cc2ccc(F)cc2C1=O. The van der Waals surface area contributed by atoms with Crippen molar-refractivity contribution in [2.75, 3.05) is 4.90 Å². The number of carbonyl (C=O) groups excluding carboxylic acids is 1. The number of carbonyl (C=O) groups is 1. The zero-order valence-corrected chi connectivity index (χ0v) is 11.0. The van der Waals surface area contributed by atoms with Crippen LogP contribution in [0.4, 0.5) is 10.1 Å². The second-order valence-corrected chi connectivity index (χ2v) is 4.98. The molecule has 0 unspecified atom stereocenters. The van der Waals surface area contributed by atoms with Crippen LogP contribution in [0, 0.1) is 12.7 Å². The molecule has 0 aromatic heterocycles. The highest BCUT2D eigenvalue weighted by Crippen LogP contribution is 2.33. The van der Waals surface area contributed by atoms with E-state index in [9.17, 15) is 9.18 Å². The molecule has 1 aliphatic heterocycles. The van der Waals surface area contributed by atoms with E-state index in [0.29, 0.717) is 17.1 Å². The van der Waals surface area contributed by atoms with Crippen LogP contribution in [-0.4, -0.2) is 5.91 Å². The molecule has 2 aromatic rings. The number of benzene rings is 2. The number of amides is 1. The minimum Gasteiger partial charge on any atom is -0.304 e. The molecule has 0 spiro atoms. The molecule has 0 bridgehead atoms. The Bertz CT molecular complexity index is 684. The van der Waals surface area contributed by atoms with E-state index in [4.69, 9.17) is 11.6 Å². The van der Waals surface area contributed by atoms with Gasteiger partial charge in [-0.05, 0) is 42.3 Å². The number of halogens is 2. The predicted octanol–water partition coefficient (Wildman–Crippen LogP) is 3.95. The molecule has 4 heteroatoms. The molecular formula is C15H11ClFNO. The molecule has 0 aliphatic carbocycles. The average Bonchev–Trinajstić information content (AvgIpc) is 2.70. The van der Waals surface area contributed by atoms with Crippen molar-refractivity contribution in [3.63, 3.8) is 0 Å². The summed E-state index contributed by atoms with van der Waals surface area (Å²) in [7, 11) is 0. The van der Waals surface area contributed by atoms with Crippen molar-refractivity contribution in [1.82, 2.24) is 0 Å². The van der Waals surface area contributed by atoms with E-state index < -0.39 is 5.82 Å². The molecular weight excluding hydrogens is 265 g/mol. The van der Waals surface area contributed by atoms with Crippen LogP contribution in [0.15, 0.2) is 36.4 Å². The highest BCUT2D eigenvalue weighted by Gasteiger charge is 2.29. The van der Waals surface area contributed by atoms with Gasteiger partial charge >= 0.3 is 0 Å². The molecule has 96 valence electrons. The fourth-order valence-electron chi connectivity index (χ4n) is 2.36. The fourth-order valence-corrected chi connectivity index (χ4v) is 2.53. The Labute approximate surface area is 115 Å². The van der Waals surface area contributed by atoms with Crippen LogP contribution in [-0.2, 0) is 6.54 Å². The first kappa shape index (κ1) is 12.2. The van der Waals surface area contributed by atoms with Crippen molar-refractivity contribution < 1.29 is 9.18 Å². The third-order valence-corrected chi connectivity index (χ3v) is 3.82. The van der Waals surface area contributed by atoms with Crippen molar-refractivity contribution in [2.45, 2.75) is 13.5 Å². The summed E-state index contributed by atoms with van der Waals surface area (Å²) in [5, 5.41) is 0.618. The third kappa shape index (κ3) is 1.90. The highest BCUT2D eigenvalue weighted by molar-refractivity contribution is 6.32. The van der Waals surface area contributed by atoms with Gasteiger partial charge in [-0.25, -0.2) is 4.39 Å². The van der Waals surface area contributed by atoms with Crippen LogP contribution < -0.4 is 4.90 Å². The highest BCUT2D eigenvalue weighted by atomic mass is 35.5. The zero-order valence-electron chi connectivity index (χ0n) is 10.3. The van der Waals surface area contributed by atoms with E-state index in [2.05, 4.69) is 0 Å². The van der Waals surface area contributed by atoms with Crippen LogP contribution in [0.1, 0.15) is 21.5 Å². The summed E-state index contributed by atoms with van der Waals surface area (Å²) < 4.78 is 13.2. The number of rotatable bonds is 1. The van der Waals surface area contributed by atoms with Gasteiger partial charge in [0.25, 0.3) is 5.91 Å². The molecule has 0 atom stereocenters. The zero-order chi connectivity index (χ0) is 13.6. The lowest BCUT2D eigenvalue weighted by molar-refractivity contribution is 0.0996. The lowest BCUT2D eigenvalue weighted by Gasteiger charge is -2.18. The fraction of sp³-hybridized carbons (Fsp3) is 0.133. The molecule has 1 amide bonds.